The first-order valence-electron chi connectivity index (χ1n) is 6.91. The normalized spacial score (nSPS) is 26.0. The second-order valence-electron chi connectivity index (χ2n) is 5.52. The molecule has 1 heterocycles. The van der Waals surface area contributed by atoms with E-state index in [0.29, 0.717) is 17.7 Å². The van der Waals surface area contributed by atoms with E-state index in [2.05, 4.69) is 15.9 Å². The van der Waals surface area contributed by atoms with Gasteiger partial charge in [-0.05, 0) is 31.0 Å². The molecule has 0 radical (unpaired) electrons. The highest BCUT2D eigenvalue weighted by atomic mass is 79.9. The summed E-state index contributed by atoms with van der Waals surface area (Å²) >= 11 is 3.32. The van der Waals surface area contributed by atoms with Crippen molar-refractivity contribution < 1.29 is 14.7 Å². The highest BCUT2D eigenvalue weighted by Crippen LogP contribution is 2.30. The van der Waals surface area contributed by atoms with Crippen LogP contribution in [0, 0.1) is 5.92 Å². The smallest absolute Gasteiger partial charge is 0.261 e. The Morgan fingerprint density at radius 2 is 1.85 bits per heavy atom. The second kappa shape index (κ2) is 5.30. The molecule has 1 aliphatic heterocycles. The van der Waals surface area contributed by atoms with Crippen molar-refractivity contribution in [2.45, 2.75) is 31.8 Å². The Morgan fingerprint density at radius 3 is 2.60 bits per heavy atom. The number of benzene rings is 1. The predicted octanol–water partition coefficient (Wildman–Crippen LogP) is 2.60. The summed E-state index contributed by atoms with van der Waals surface area (Å²) in [4.78, 5) is 25.9. The van der Waals surface area contributed by atoms with E-state index in [0.717, 1.165) is 30.2 Å². The van der Waals surface area contributed by atoms with Crippen LogP contribution in [0.1, 0.15) is 46.4 Å². The number of imide groups is 1. The zero-order chi connectivity index (χ0) is 14.3. The summed E-state index contributed by atoms with van der Waals surface area (Å²) in [5.74, 6) is -0.478. The van der Waals surface area contributed by atoms with Gasteiger partial charge in [-0.15, -0.1) is 0 Å². The monoisotopic (exact) mass is 337 g/mol. The zero-order valence-electron chi connectivity index (χ0n) is 11.0. The van der Waals surface area contributed by atoms with Crippen molar-refractivity contribution in [1.82, 2.24) is 4.90 Å². The number of aliphatic hydroxyl groups is 1. The molecular formula is C15H16BrNO3. The van der Waals surface area contributed by atoms with Gasteiger partial charge in [0.25, 0.3) is 11.8 Å². The van der Waals surface area contributed by atoms with Crippen LogP contribution in [-0.2, 0) is 0 Å². The summed E-state index contributed by atoms with van der Waals surface area (Å²) < 4.78 is 0.789. The minimum absolute atomic E-state index is 0.00871. The molecule has 20 heavy (non-hydrogen) atoms. The Balaban J connectivity index is 1.82. The van der Waals surface area contributed by atoms with Gasteiger partial charge in [-0.25, -0.2) is 0 Å². The van der Waals surface area contributed by atoms with Gasteiger partial charge >= 0.3 is 0 Å². The summed E-state index contributed by atoms with van der Waals surface area (Å²) in [7, 11) is 0. The number of fused-ring (bicyclic) bond motifs is 1. The van der Waals surface area contributed by atoms with Crippen LogP contribution in [0.15, 0.2) is 22.7 Å². The molecule has 0 spiro atoms. The fourth-order valence-corrected chi connectivity index (χ4v) is 3.43. The van der Waals surface area contributed by atoms with Crippen LogP contribution in [0.3, 0.4) is 0 Å². The molecule has 3 rings (SSSR count). The minimum atomic E-state index is -0.403. The van der Waals surface area contributed by atoms with Crippen LogP contribution >= 0.6 is 15.9 Å². The molecule has 1 aromatic rings. The number of hydrogen-bond acceptors (Lipinski definition) is 3. The molecule has 2 atom stereocenters. The molecule has 1 N–H and O–H groups in total. The maximum Gasteiger partial charge on any atom is 0.261 e. The summed E-state index contributed by atoms with van der Waals surface area (Å²) in [5.41, 5.74) is 0.915. The first-order chi connectivity index (χ1) is 9.58. The maximum absolute atomic E-state index is 12.3. The number of aliphatic hydroxyl groups excluding tert-OH is 1. The topological polar surface area (TPSA) is 57.6 Å². The lowest BCUT2D eigenvalue weighted by atomic mass is 9.86. The van der Waals surface area contributed by atoms with Crippen molar-refractivity contribution in [1.29, 1.82) is 0 Å². The van der Waals surface area contributed by atoms with Gasteiger partial charge in [0.05, 0.1) is 17.2 Å². The van der Waals surface area contributed by atoms with Crippen molar-refractivity contribution in [3.05, 3.63) is 33.8 Å². The molecule has 0 aromatic heterocycles. The second-order valence-corrected chi connectivity index (χ2v) is 6.44. The van der Waals surface area contributed by atoms with E-state index in [1.54, 1.807) is 18.2 Å². The lowest BCUT2D eigenvalue weighted by Gasteiger charge is -2.30. The SMILES string of the molecule is O=C1c2ccc(Br)cc2C(=O)N1CC1CCCCC1O. The molecule has 1 aromatic carbocycles. The quantitative estimate of drug-likeness (QED) is 0.844. The van der Waals surface area contributed by atoms with Crippen LogP contribution in [-0.4, -0.2) is 34.5 Å². The van der Waals surface area contributed by atoms with Gasteiger partial charge in [0.1, 0.15) is 0 Å². The largest absolute Gasteiger partial charge is 0.393 e. The van der Waals surface area contributed by atoms with Crippen molar-refractivity contribution in [2.24, 2.45) is 5.92 Å². The lowest BCUT2D eigenvalue weighted by molar-refractivity contribution is 0.0388. The van der Waals surface area contributed by atoms with Crippen molar-refractivity contribution in [2.75, 3.05) is 6.54 Å². The Bertz CT molecular complexity index is 572. The zero-order valence-corrected chi connectivity index (χ0v) is 12.6. The summed E-state index contributed by atoms with van der Waals surface area (Å²) in [6.45, 7) is 0.325. The third-order valence-corrected chi connectivity index (χ3v) is 4.71. The molecule has 4 nitrogen and oxygen atoms in total. The third-order valence-electron chi connectivity index (χ3n) is 4.22. The van der Waals surface area contributed by atoms with E-state index < -0.39 is 6.10 Å². The number of hydrogen-bond donors (Lipinski definition) is 1. The van der Waals surface area contributed by atoms with Gasteiger partial charge < -0.3 is 5.11 Å². The van der Waals surface area contributed by atoms with Gasteiger partial charge in [-0.2, -0.15) is 0 Å². The van der Waals surface area contributed by atoms with Crippen LogP contribution in [0.25, 0.3) is 0 Å². The number of amides is 2. The first kappa shape index (κ1) is 13.8. The molecule has 0 saturated heterocycles. The number of halogens is 1. The molecule has 5 heteroatoms. The number of carbonyl (C=O) groups is 2. The Kier molecular flexibility index (Phi) is 3.65. The summed E-state index contributed by atoms with van der Waals surface area (Å²) in [6, 6.07) is 5.13. The van der Waals surface area contributed by atoms with Crippen molar-refractivity contribution in [3.8, 4) is 0 Å². The van der Waals surface area contributed by atoms with E-state index in [4.69, 9.17) is 0 Å². The number of nitrogens with zero attached hydrogens (tertiary/aromatic N) is 1. The van der Waals surface area contributed by atoms with Crippen molar-refractivity contribution >= 4 is 27.7 Å². The fraction of sp³-hybridized carbons (Fsp3) is 0.467. The Hall–Kier alpha value is -1.20. The standard InChI is InChI=1S/C15H16BrNO3/c16-10-5-6-11-12(7-10)15(20)17(14(11)19)8-9-3-1-2-4-13(9)18/h5-7,9,13,18H,1-4,8H2. The minimum Gasteiger partial charge on any atom is -0.393 e. The van der Waals surface area contributed by atoms with Gasteiger partial charge in [0.2, 0.25) is 0 Å². The summed E-state index contributed by atoms with van der Waals surface area (Å²) in [5, 5.41) is 10.0. The molecule has 2 aliphatic rings. The van der Waals surface area contributed by atoms with Crippen LogP contribution in [0.5, 0.6) is 0 Å². The molecule has 0 bridgehead atoms. The van der Waals surface area contributed by atoms with E-state index >= 15 is 0 Å². The Labute approximate surface area is 125 Å². The highest BCUT2D eigenvalue weighted by molar-refractivity contribution is 9.10. The average molecular weight is 338 g/mol. The van der Waals surface area contributed by atoms with Gasteiger partial charge in [-0.3, -0.25) is 14.5 Å². The molecule has 1 saturated carbocycles. The molecular weight excluding hydrogens is 322 g/mol. The third kappa shape index (κ3) is 2.29. The fourth-order valence-electron chi connectivity index (χ4n) is 3.06. The van der Waals surface area contributed by atoms with Crippen LogP contribution in [0.2, 0.25) is 0 Å². The Morgan fingerprint density at radius 1 is 1.15 bits per heavy atom. The predicted molar refractivity (Wildman–Crippen MR) is 77.5 cm³/mol. The molecule has 1 aliphatic carbocycles. The van der Waals surface area contributed by atoms with Gasteiger partial charge in [-0.1, -0.05) is 28.8 Å². The number of carbonyl (C=O) groups excluding carboxylic acids is 2. The van der Waals surface area contributed by atoms with E-state index in [1.807, 2.05) is 0 Å². The number of rotatable bonds is 2. The first-order valence-corrected chi connectivity index (χ1v) is 7.71. The molecule has 2 unspecified atom stereocenters. The highest BCUT2D eigenvalue weighted by Gasteiger charge is 2.38. The maximum atomic E-state index is 12.3. The van der Waals surface area contributed by atoms with Crippen LogP contribution in [0.4, 0.5) is 0 Å². The lowest BCUT2D eigenvalue weighted by Crippen LogP contribution is -2.39. The van der Waals surface area contributed by atoms with E-state index in [9.17, 15) is 14.7 Å². The van der Waals surface area contributed by atoms with Gasteiger partial charge in [0.15, 0.2) is 0 Å². The molecule has 2 amide bonds. The average Bonchev–Trinajstić information content (AvgIpc) is 2.66. The van der Waals surface area contributed by atoms with Crippen LogP contribution < -0.4 is 0 Å². The van der Waals surface area contributed by atoms with E-state index in [-0.39, 0.29) is 17.7 Å². The summed E-state index contributed by atoms with van der Waals surface area (Å²) in [6.07, 6.45) is 3.31. The molecule has 1 fully saturated rings. The van der Waals surface area contributed by atoms with Crippen molar-refractivity contribution in [3.63, 3.8) is 0 Å². The molecule has 106 valence electrons. The van der Waals surface area contributed by atoms with E-state index in [1.165, 1.54) is 4.90 Å². The van der Waals surface area contributed by atoms with Gasteiger partial charge in [0, 0.05) is 16.9 Å².